The fourth-order valence-corrected chi connectivity index (χ4v) is 10.3. The van der Waals surface area contributed by atoms with E-state index in [1.807, 2.05) is 0 Å². The minimum Gasteiger partial charge on any atom is -0.484 e. The number of pyridine rings is 2. The number of aliphatic carboxylic acids is 2. The summed E-state index contributed by atoms with van der Waals surface area (Å²) in [6.45, 7) is 2.45. The lowest BCUT2D eigenvalue weighted by atomic mass is 9.99. The van der Waals surface area contributed by atoms with Gasteiger partial charge in [-0.1, -0.05) is 0 Å². The molecule has 2 fully saturated rings. The van der Waals surface area contributed by atoms with Crippen LogP contribution in [-0.4, -0.2) is 128 Å². The van der Waals surface area contributed by atoms with Crippen molar-refractivity contribution in [1.82, 2.24) is 9.97 Å². The summed E-state index contributed by atoms with van der Waals surface area (Å²) in [6, 6.07) is 16.9. The van der Waals surface area contributed by atoms with Gasteiger partial charge in [-0.25, -0.2) is 21.6 Å². The highest BCUT2D eigenvalue weighted by Crippen LogP contribution is 2.39. The first-order valence-electron chi connectivity index (χ1n) is 20.7. The van der Waals surface area contributed by atoms with Gasteiger partial charge in [-0.15, -0.1) is 0 Å². The number of sulfone groups is 2. The number of hydrogen-bond acceptors (Lipinski definition) is 14. The number of nitrogens with zero attached hydrogens (tertiary/aromatic N) is 2. The molecule has 2 aromatic carbocycles. The molecule has 2 aliphatic rings. The summed E-state index contributed by atoms with van der Waals surface area (Å²) in [6.07, 6.45) is -12.1. The third-order valence-corrected chi connectivity index (χ3v) is 15.2. The van der Waals surface area contributed by atoms with Crippen molar-refractivity contribution in [2.24, 2.45) is 0 Å². The Bertz CT molecular complexity index is 2660. The number of aromatic nitrogens is 2. The lowest BCUT2D eigenvalue weighted by molar-refractivity contribution is -0.192. The number of carboxylic acids is 2. The molecule has 0 atom stereocenters. The third-order valence-electron chi connectivity index (χ3n) is 10.2. The molecule has 71 heavy (non-hydrogen) atoms. The number of carbonyl (C=O) groups excluding carboxylic acids is 1. The highest BCUT2D eigenvalue weighted by atomic mass is 32.2. The van der Waals surface area contributed by atoms with Gasteiger partial charge in [0, 0.05) is 75.6 Å². The van der Waals surface area contributed by atoms with Gasteiger partial charge in [0.2, 0.25) is 0 Å². The molecule has 4 aromatic rings. The van der Waals surface area contributed by atoms with E-state index in [-0.39, 0.29) is 73.4 Å². The molecule has 0 spiro atoms. The number of esters is 1. The minimum absolute atomic E-state index is 0.0261. The number of rotatable bonds is 12. The number of hydrogen-bond donors (Lipinski definition) is 2. The standard InChI is InChI=1S/C23H26F3NO6S.C19H18F3NO6S.C2HF3O2/c1-21(2,3)33-20(28)22(10-12-31-13-11-22)34(29,30)18-8-9-19(27-14-18)16-4-6-17(7-5-16)32-15-23(24,25)26;20-19(21,22)12-29-14-3-1-13(2-4-14)16-6-5-15(11-23-16)30(26,27)18(17(24)25)7-9-28-10-8-18;3-2(4,5)1(6)7/h4-9,14H,10-13,15H2,1-3H3;1-6,11H,7-10,12H2,(H,24,25);(H,6,7). The number of ether oxygens (including phenoxy) is 5. The van der Waals surface area contributed by atoms with Crippen molar-refractivity contribution in [2.45, 2.75) is 89.9 Å². The molecule has 2 aromatic heterocycles. The molecule has 0 bridgehead atoms. The molecule has 0 aliphatic carbocycles. The van der Waals surface area contributed by atoms with Gasteiger partial charge in [0.1, 0.15) is 17.1 Å². The fraction of sp³-hybridized carbons (Fsp3) is 0.432. The van der Waals surface area contributed by atoms with Gasteiger partial charge >= 0.3 is 36.4 Å². The second kappa shape index (κ2) is 22.6. The van der Waals surface area contributed by atoms with Crippen molar-refractivity contribution >= 4 is 37.6 Å². The summed E-state index contributed by atoms with van der Waals surface area (Å²) in [5.74, 6) is -4.93. The van der Waals surface area contributed by atoms with Gasteiger partial charge in [0.25, 0.3) is 0 Å². The van der Waals surface area contributed by atoms with Gasteiger partial charge in [-0.05, 0) is 93.6 Å². The van der Waals surface area contributed by atoms with Crippen LogP contribution in [0.15, 0.2) is 95.0 Å². The molecule has 27 heteroatoms. The van der Waals surface area contributed by atoms with E-state index in [1.54, 1.807) is 20.8 Å². The Kier molecular flexibility index (Phi) is 18.3. The van der Waals surface area contributed by atoms with Gasteiger partial charge in [0.05, 0.1) is 21.2 Å². The SMILES string of the molecule is CC(C)(C)OC(=O)C1(S(=O)(=O)c2ccc(-c3ccc(OCC(F)(F)F)cc3)nc2)CCOCC1.O=C(O)C(F)(F)F.O=C(O)C1(S(=O)(=O)c2ccc(-c3ccc(OCC(F)(F)F)cc3)nc2)CCOCC1. The first-order valence-corrected chi connectivity index (χ1v) is 23.6. The van der Waals surface area contributed by atoms with E-state index in [2.05, 4.69) is 19.4 Å². The topological polar surface area (TPSA) is 232 Å². The highest BCUT2D eigenvalue weighted by Gasteiger charge is 2.55. The Morgan fingerprint density at radius 2 is 0.915 bits per heavy atom. The molecular formula is C44H45F9N2O14S2. The summed E-state index contributed by atoms with van der Waals surface area (Å²) in [4.78, 5) is 41.7. The van der Waals surface area contributed by atoms with Gasteiger partial charge in [-0.2, -0.15) is 39.5 Å². The van der Waals surface area contributed by atoms with E-state index in [9.17, 15) is 71.0 Å². The van der Waals surface area contributed by atoms with Crippen molar-refractivity contribution in [3.05, 3.63) is 85.2 Å². The zero-order chi connectivity index (χ0) is 53.3. The summed E-state index contributed by atoms with van der Waals surface area (Å²) >= 11 is 0. The predicted molar refractivity (Wildman–Crippen MR) is 230 cm³/mol. The molecule has 0 unspecified atom stereocenters. The van der Waals surface area contributed by atoms with Crippen LogP contribution in [0, 0.1) is 0 Å². The molecular weight excluding hydrogens is 1020 g/mol. The second-order valence-electron chi connectivity index (χ2n) is 16.4. The van der Waals surface area contributed by atoms with E-state index in [4.69, 9.17) is 24.1 Å². The third kappa shape index (κ3) is 15.2. The maximum atomic E-state index is 13.6. The quantitative estimate of drug-likeness (QED) is 0.101. The van der Waals surface area contributed by atoms with Crippen LogP contribution in [-0.2, 0) is 48.3 Å². The maximum absolute atomic E-state index is 13.6. The minimum atomic E-state index is -5.08. The Morgan fingerprint density at radius 3 is 1.20 bits per heavy atom. The van der Waals surface area contributed by atoms with Gasteiger partial charge < -0.3 is 33.9 Å². The number of carbonyl (C=O) groups is 3. The zero-order valence-corrected chi connectivity index (χ0v) is 39.2. The lowest BCUT2D eigenvalue weighted by Gasteiger charge is -2.36. The molecule has 2 aliphatic heterocycles. The van der Waals surface area contributed by atoms with Crippen molar-refractivity contribution in [1.29, 1.82) is 0 Å². The van der Waals surface area contributed by atoms with Crippen molar-refractivity contribution < 1.29 is 105 Å². The molecule has 0 saturated carbocycles. The van der Waals surface area contributed by atoms with E-state index in [0.717, 1.165) is 6.20 Å². The number of benzene rings is 2. The first kappa shape index (κ1) is 57.5. The van der Waals surface area contributed by atoms with E-state index in [0.29, 0.717) is 22.5 Å². The molecule has 390 valence electrons. The molecule has 6 rings (SSSR count). The monoisotopic (exact) mass is 1060 g/mol. The van der Waals surface area contributed by atoms with Crippen molar-refractivity contribution in [3.63, 3.8) is 0 Å². The number of alkyl halides is 9. The van der Waals surface area contributed by atoms with Gasteiger partial charge in [0.15, 0.2) is 42.4 Å². The zero-order valence-electron chi connectivity index (χ0n) is 37.6. The van der Waals surface area contributed by atoms with Crippen LogP contribution < -0.4 is 9.47 Å². The van der Waals surface area contributed by atoms with Gasteiger partial charge in [-0.3, -0.25) is 19.6 Å². The van der Waals surface area contributed by atoms with Crippen LogP contribution in [0.1, 0.15) is 46.5 Å². The van der Waals surface area contributed by atoms with Crippen molar-refractivity contribution in [2.75, 3.05) is 39.6 Å². The van der Waals surface area contributed by atoms with E-state index >= 15 is 0 Å². The fourth-order valence-electron chi connectivity index (χ4n) is 6.60. The average Bonchev–Trinajstić information content (AvgIpc) is 3.30. The second-order valence-corrected chi connectivity index (χ2v) is 21.0. The van der Waals surface area contributed by atoms with Crippen molar-refractivity contribution in [3.8, 4) is 34.0 Å². The first-order chi connectivity index (χ1) is 32.7. The summed E-state index contributed by atoms with van der Waals surface area (Å²) < 4.78 is 180. The largest absolute Gasteiger partial charge is 0.490 e. The normalized spacial score (nSPS) is 16.2. The van der Waals surface area contributed by atoms with Crippen LogP contribution in [0.25, 0.3) is 22.5 Å². The summed E-state index contributed by atoms with van der Waals surface area (Å²) in [5, 5.41) is 16.7. The molecule has 0 amide bonds. The van der Waals surface area contributed by atoms with E-state index in [1.165, 1.54) is 79.0 Å². The van der Waals surface area contributed by atoms with Crippen LogP contribution in [0.4, 0.5) is 39.5 Å². The Hall–Kier alpha value is -6.06. The summed E-state index contributed by atoms with van der Waals surface area (Å²) in [5.41, 5.74) is 0.983. The smallest absolute Gasteiger partial charge is 0.484 e. The average molecular weight is 1060 g/mol. The lowest BCUT2D eigenvalue weighted by Crippen LogP contribution is -2.53. The Morgan fingerprint density at radius 1 is 0.577 bits per heavy atom. The van der Waals surface area contributed by atoms with Crippen LogP contribution in [0.3, 0.4) is 0 Å². The molecule has 4 heterocycles. The molecule has 0 radical (unpaired) electrons. The van der Waals surface area contributed by atoms with Crippen LogP contribution in [0.5, 0.6) is 11.5 Å². The number of carboxylic acid groups (broad SMARTS) is 2. The molecule has 2 N–H and O–H groups in total. The Balaban J connectivity index is 0.000000273. The predicted octanol–water partition coefficient (Wildman–Crippen LogP) is 8.08. The Labute approximate surface area is 399 Å². The van der Waals surface area contributed by atoms with E-state index < -0.39 is 84.4 Å². The van der Waals surface area contributed by atoms with Crippen LogP contribution in [0.2, 0.25) is 0 Å². The van der Waals surface area contributed by atoms with Crippen LogP contribution >= 0.6 is 0 Å². The molecule has 16 nitrogen and oxygen atoms in total. The number of halogens is 9. The highest BCUT2D eigenvalue weighted by molar-refractivity contribution is 7.94. The maximum Gasteiger partial charge on any atom is 0.490 e. The molecule has 2 saturated heterocycles. The summed E-state index contributed by atoms with van der Waals surface area (Å²) in [7, 11) is -8.38.